The number of morpholine rings is 1. The molecule has 2 fully saturated rings. The number of hydrogen-bond donors (Lipinski definition) is 2. The second-order valence-electron chi connectivity index (χ2n) is 6.31. The van der Waals surface area contributed by atoms with Crippen LogP contribution in [0, 0.1) is 0 Å². The standard InChI is InChI=1S/C16H23N5O4/c1-20(16(24)17-11-4-2-3-5-11)13-10-12(14(22)23)18-15(19-13)21-6-8-25-9-7-21/h10-11H,2-9H2,1H3,(H,17,24)(H,22,23). The van der Waals surface area contributed by atoms with Gasteiger partial charge in [-0.3, -0.25) is 4.90 Å². The largest absolute Gasteiger partial charge is 0.477 e. The highest BCUT2D eigenvalue weighted by Crippen LogP contribution is 2.20. The van der Waals surface area contributed by atoms with Crippen molar-refractivity contribution in [1.82, 2.24) is 15.3 Å². The number of carboxylic acid groups (broad SMARTS) is 1. The Morgan fingerprint density at radius 2 is 1.96 bits per heavy atom. The number of rotatable bonds is 4. The molecule has 9 nitrogen and oxygen atoms in total. The summed E-state index contributed by atoms with van der Waals surface area (Å²) < 4.78 is 5.30. The van der Waals surface area contributed by atoms with Crippen LogP contribution in [0.25, 0.3) is 0 Å². The van der Waals surface area contributed by atoms with Gasteiger partial charge in [-0.25, -0.2) is 14.6 Å². The maximum absolute atomic E-state index is 12.4. The van der Waals surface area contributed by atoms with Crippen molar-refractivity contribution in [2.45, 2.75) is 31.7 Å². The van der Waals surface area contributed by atoms with Crippen molar-refractivity contribution in [2.24, 2.45) is 0 Å². The molecule has 0 bridgehead atoms. The van der Waals surface area contributed by atoms with Crippen LogP contribution in [0.2, 0.25) is 0 Å². The Balaban J connectivity index is 1.81. The molecule has 1 aromatic heterocycles. The first kappa shape index (κ1) is 17.4. The summed E-state index contributed by atoms with van der Waals surface area (Å²) in [7, 11) is 1.58. The quantitative estimate of drug-likeness (QED) is 0.838. The maximum atomic E-state index is 12.4. The lowest BCUT2D eigenvalue weighted by Crippen LogP contribution is -2.43. The van der Waals surface area contributed by atoms with E-state index in [0.717, 1.165) is 25.7 Å². The van der Waals surface area contributed by atoms with Gasteiger partial charge in [-0.05, 0) is 12.8 Å². The zero-order chi connectivity index (χ0) is 17.8. The summed E-state index contributed by atoms with van der Waals surface area (Å²) in [6.45, 7) is 2.24. The highest BCUT2D eigenvalue weighted by atomic mass is 16.5. The average Bonchev–Trinajstić information content (AvgIpc) is 3.14. The molecule has 0 spiro atoms. The zero-order valence-electron chi connectivity index (χ0n) is 14.3. The topological polar surface area (TPSA) is 108 Å². The predicted molar refractivity (Wildman–Crippen MR) is 91.2 cm³/mol. The SMILES string of the molecule is CN(C(=O)NC1CCCC1)c1cc(C(=O)O)nc(N2CCOCC2)n1. The fourth-order valence-electron chi connectivity index (χ4n) is 3.05. The number of carboxylic acids is 1. The van der Waals surface area contributed by atoms with Gasteiger partial charge >= 0.3 is 12.0 Å². The Kier molecular flexibility index (Phi) is 5.32. The minimum absolute atomic E-state index is 0.132. The molecule has 25 heavy (non-hydrogen) atoms. The number of carbonyl (C=O) groups is 2. The molecule has 3 rings (SSSR count). The van der Waals surface area contributed by atoms with Crippen molar-refractivity contribution < 1.29 is 19.4 Å². The number of carbonyl (C=O) groups excluding carboxylic acids is 1. The van der Waals surface area contributed by atoms with Crippen LogP contribution < -0.4 is 15.1 Å². The molecule has 9 heteroatoms. The van der Waals surface area contributed by atoms with E-state index in [1.165, 1.54) is 11.0 Å². The summed E-state index contributed by atoms with van der Waals surface area (Å²) in [4.78, 5) is 35.6. The molecule has 2 heterocycles. The molecule has 1 saturated carbocycles. The van der Waals surface area contributed by atoms with Gasteiger partial charge in [0.1, 0.15) is 5.82 Å². The van der Waals surface area contributed by atoms with E-state index in [1.807, 2.05) is 4.90 Å². The van der Waals surface area contributed by atoms with Crippen LogP contribution in [0.4, 0.5) is 16.6 Å². The number of amides is 2. The Bertz CT molecular complexity index is 641. The number of anilines is 2. The lowest BCUT2D eigenvalue weighted by molar-refractivity contribution is 0.0690. The van der Waals surface area contributed by atoms with Gasteiger partial charge in [0.25, 0.3) is 0 Å². The molecule has 1 saturated heterocycles. The first-order chi connectivity index (χ1) is 12.0. The Morgan fingerprint density at radius 1 is 1.28 bits per heavy atom. The number of nitrogens with one attached hydrogen (secondary N) is 1. The minimum Gasteiger partial charge on any atom is -0.477 e. The molecule has 2 N–H and O–H groups in total. The third-order valence-corrected chi connectivity index (χ3v) is 4.54. The zero-order valence-corrected chi connectivity index (χ0v) is 14.3. The monoisotopic (exact) mass is 349 g/mol. The molecule has 2 amide bonds. The van der Waals surface area contributed by atoms with E-state index < -0.39 is 5.97 Å². The molecule has 2 aliphatic rings. The van der Waals surface area contributed by atoms with Gasteiger partial charge in [0.2, 0.25) is 5.95 Å². The fraction of sp³-hybridized carbons (Fsp3) is 0.625. The predicted octanol–water partition coefficient (Wildman–Crippen LogP) is 1.10. The third kappa shape index (κ3) is 4.16. The summed E-state index contributed by atoms with van der Waals surface area (Å²) in [5, 5.41) is 12.3. The van der Waals surface area contributed by atoms with E-state index in [9.17, 15) is 14.7 Å². The molecule has 1 aromatic rings. The van der Waals surface area contributed by atoms with Crippen LogP contribution in [-0.2, 0) is 4.74 Å². The molecular formula is C16H23N5O4. The molecule has 1 aliphatic carbocycles. The van der Waals surface area contributed by atoms with E-state index in [0.29, 0.717) is 32.3 Å². The number of aromatic carboxylic acids is 1. The van der Waals surface area contributed by atoms with E-state index in [1.54, 1.807) is 7.05 Å². The van der Waals surface area contributed by atoms with Crippen molar-refractivity contribution in [3.8, 4) is 0 Å². The van der Waals surface area contributed by atoms with E-state index in [2.05, 4.69) is 15.3 Å². The number of nitrogens with zero attached hydrogens (tertiary/aromatic N) is 4. The Hall–Kier alpha value is -2.42. The van der Waals surface area contributed by atoms with Crippen molar-refractivity contribution in [1.29, 1.82) is 0 Å². The first-order valence-electron chi connectivity index (χ1n) is 8.54. The molecule has 1 aliphatic heterocycles. The van der Waals surface area contributed by atoms with Gasteiger partial charge in [0.15, 0.2) is 5.69 Å². The van der Waals surface area contributed by atoms with Gasteiger partial charge in [-0.15, -0.1) is 0 Å². The second-order valence-corrected chi connectivity index (χ2v) is 6.31. The molecular weight excluding hydrogens is 326 g/mol. The van der Waals surface area contributed by atoms with Gasteiger partial charge in [0, 0.05) is 32.2 Å². The van der Waals surface area contributed by atoms with E-state index in [-0.39, 0.29) is 23.6 Å². The smallest absolute Gasteiger partial charge is 0.354 e. The summed E-state index contributed by atoms with van der Waals surface area (Å²) >= 11 is 0. The summed E-state index contributed by atoms with van der Waals surface area (Å²) in [5.74, 6) is -0.578. The highest BCUT2D eigenvalue weighted by Gasteiger charge is 2.23. The molecule has 0 radical (unpaired) electrons. The van der Waals surface area contributed by atoms with Crippen molar-refractivity contribution in [3.63, 3.8) is 0 Å². The van der Waals surface area contributed by atoms with Crippen molar-refractivity contribution >= 4 is 23.8 Å². The number of hydrogen-bond acceptors (Lipinski definition) is 6. The van der Waals surface area contributed by atoms with Crippen LogP contribution in [-0.4, -0.2) is 66.5 Å². The molecule has 136 valence electrons. The van der Waals surface area contributed by atoms with Gasteiger partial charge in [-0.1, -0.05) is 12.8 Å². The van der Waals surface area contributed by atoms with Crippen LogP contribution in [0.3, 0.4) is 0 Å². The molecule has 0 aromatic carbocycles. The van der Waals surface area contributed by atoms with Crippen LogP contribution >= 0.6 is 0 Å². The number of aromatic nitrogens is 2. The van der Waals surface area contributed by atoms with Crippen molar-refractivity contribution in [3.05, 3.63) is 11.8 Å². The van der Waals surface area contributed by atoms with Crippen LogP contribution in [0.1, 0.15) is 36.2 Å². The highest BCUT2D eigenvalue weighted by molar-refractivity contribution is 5.93. The molecule has 0 atom stereocenters. The maximum Gasteiger partial charge on any atom is 0.354 e. The van der Waals surface area contributed by atoms with Gasteiger partial charge in [0.05, 0.1) is 13.2 Å². The minimum atomic E-state index is -1.15. The lowest BCUT2D eigenvalue weighted by atomic mass is 10.2. The second kappa shape index (κ2) is 7.64. The van der Waals surface area contributed by atoms with Crippen LogP contribution in [0.5, 0.6) is 0 Å². The fourth-order valence-corrected chi connectivity index (χ4v) is 3.05. The Morgan fingerprint density at radius 3 is 2.60 bits per heavy atom. The number of urea groups is 1. The third-order valence-electron chi connectivity index (χ3n) is 4.54. The summed E-state index contributed by atoms with van der Waals surface area (Å²) in [6, 6.07) is 1.21. The normalized spacial score (nSPS) is 18.2. The first-order valence-corrected chi connectivity index (χ1v) is 8.54. The summed E-state index contributed by atoms with van der Waals surface area (Å²) in [6.07, 6.45) is 4.19. The Labute approximate surface area is 146 Å². The van der Waals surface area contributed by atoms with Gasteiger partial charge < -0.3 is 20.1 Å². The average molecular weight is 349 g/mol. The molecule has 0 unspecified atom stereocenters. The lowest BCUT2D eigenvalue weighted by Gasteiger charge is -2.28. The van der Waals surface area contributed by atoms with Gasteiger partial charge in [-0.2, -0.15) is 4.98 Å². The van der Waals surface area contributed by atoms with Crippen molar-refractivity contribution in [2.75, 3.05) is 43.2 Å². The summed E-state index contributed by atoms with van der Waals surface area (Å²) in [5.41, 5.74) is -0.132. The van der Waals surface area contributed by atoms with Crippen LogP contribution in [0.15, 0.2) is 6.07 Å². The van der Waals surface area contributed by atoms with E-state index in [4.69, 9.17) is 4.74 Å². The number of ether oxygens (including phenoxy) is 1. The van der Waals surface area contributed by atoms with E-state index >= 15 is 0 Å².